The van der Waals surface area contributed by atoms with Crippen molar-refractivity contribution in [3.63, 3.8) is 0 Å². The number of nitrogens with one attached hydrogen (secondary N) is 2. The molecule has 1 atom stereocenters. The number of carbonyl (C=O) groups is 1. The molecule has 0 saturated heterocycles. The molecule has 21 heavy (non-hydrogen) atoms. The third kappa shape index (κ3) is 3.61. The van der Waals surface area contributed by atoms with Crippen molar-refractivity contribution in [2.75, 3.05) is 5.43 Å². The Morgan fingerprint density at radius 1 is 1.19 bits per heavy atom. The highest BCUT2D eigenvalue weighted by Crippen LogP contribution is 2.19. The number of nitrogen functional groups attached to an aromatic ring is 1. The number of anilines is 1. The quantitative estimate of drug-likeness (QED) is 0.583. The largest absolute Gasteiger partial charge is 0.345 e. The first-order chi connectivity index (χ1) is 10.2. The highest BCUT2D eigenvalue weighted by molar-refractivity contribution is 5.96. The number of nitrogens with two attached hydrogens (primary N) is 1. The van der Waals surface area contributed by atoms with Crippen LogP contribution in [0.2, 0.25) is 0 Å². The van der Waals surface area contributed by atoms with Gasteiger partial charge in [-0.25, -0.2) is 0 Å². The van der Waals surface area contributed by atoms with Crippen LogP contribution >= 0.6 is 0 Å². The normalized spacial score (nSPS) is 11.8. The van der Waals surface area contributed by atoms with Crippen LogP contribution in [0.5, 0.6) is 0 Å². The number of hydrogen-bond acceptors (Lipinski definition) is 3. The predicted molar refractivity (Wildman–Crippen MR) is 85.9 cm³/mol. The Bertz CT molecular complexity index is 611. The first-order valence-electron chi connectivity index (χ1n) is 7.08. The Labute approximate surface area is 125 Å². The predicted octanol–water partition coefficient (Wildman–Crippen LogP) is 3.16. The maximum absolute atomic E-state index is 12.4. The van der Waals surface area contributed by atoms with E-state index in [9.17, 15) is 4.79 Å². The summed E-state index contributed by atoms with van der Waals surface area (Å²) < 4.78 is 0. The van der Waals surface area contributed by atoms with Gasteiger partial charge in [0.2, 0.25) is 0 Å². The van der Waals surface area contributed by atoms with E-state index in [1.165, 1.54) is 0 Å². The molecule has 0 fully saturated rings. The summed E-state index contributed by atoms with van der Waals surface area (Å²) in [6, 6.07) is 15.5. The van der Waals surface area contributed by atoms with Crippen molar-refractivity contribution in [1.29, 1.82) is 0 Å². The molecule has 4 nitrogen and oxygen atoms in total. The van der Waals surface area contributed by atoms with Crippen LogP contribution in [-0.4, -0.2) is 5.91 Å². The summed E-state index contributed by atoms with van der Waals surface area (Å²) in [6.07, 6.45) is 0.844. The van der Waals surface area contributed by atoms with Crippen molar-refractivity contribution in [2.45, 2.75) is 26.3 Å². The number of carbonyl (C=O) groups excluding carboxylic acids is 1. The van der Waals surface area contributed by atoms with Crippen molar-refractivity contribution in [1.82, 2.24) is 5.32 Å². The van der Waals surface area contributed by atoms with Gasteiger partial charge in [-0.2, -0.15) is 0 Å². The van der Waals surface area contributed by atoms with Crippen molar-refractivity contribution < 1.29 is 4.79 Å². The Hall–Kier alpha value is -2.33. The second-order valence-corrected chi connectivity index (χ2v) is 5.02. The van der Waals surface area contributed by atoms with E-state index in [2.05, 4.69) is 17.7 Å². The Kier molecular flexibility index (Phi) is 4.95. The fourth-order valence-corrected chi connectivity index (χ4v) is 2.35. The Balaban J connectivity index is 2.17. The van der Waals surface area contributed by atoms with Crippen LogP contribution in [0.25, 0.3) is 0 Å². The molecule has 0 aliphatic rings. The van der Waals surface area contributed by atoms with Crippen LogP contribution in [0.4, 0.5) is 5.69 Å². The van der Waals surface area contributed by atoms with Gasteiger partial charge < -0.3 is 10.7 Å². The molecule has 0 spiro atoms. The second kappa shape index (κ2) is 6.90. The molecule has 4 N–H and O–H groups in total. The first-order valence-corrected chi connectivity index (χ1v) is 7.08. The van der Waals surface area contributed by atoms with Gasteiger partial charge in [0.25, 0.3) is 5.91 Å². The molecular weight excluding hydrogens is 262 g/mol. The topological polar surface area (TPSA) is 67.2 Å². The number of hydrazine groups is 1. The highest BCUT2D eigenvalue weighted by atomic mass is 16.1. The molecule has 0 heterocycles. The van der Waals surface area contributed by atoms with Crippen LogP contribution < -0.4 is 16.6 Å². The van der Waals surface area contributed by atoms with Gasteiger partial charge in [-0.05, 0) is 42.7 Å². The summed E-state index contributed by atoms with van der Waals surface area (Å²) >= 11 is 0. The Morgan fingerprint density at radius 2 is 1.90 bits per heavy atom. The van der Waals surface area contributed by atoms with Gasteiger partial charge in [0, 0.05) is 11.3 Å². The van der Waals surface area contributed by atoms with E-state index in [1.807, 2.05) is 43.3 Å². The lowest BCUT2D eigenvalue weighted by atomic mass is 10.0. The molecule has 0 radical (unpaired) electrons. The SMILES string of the molecule is CCC(NC(=O)c1ccc(NN)cc1C)c1ccccc1. The zero-order valence-electron chi connectivity index (χ0n) is 12.4. The molecular formula is C17H21N3O. The zero-order valence-corrected chi connectivity index (χ0v) is 12.4. The van der Waals surface area contributed by atoms with E-state index >= 15 is 0 Å². The van der Waals surface area contributed by atoms with Gasteiger partial charge in [-0.15, -0.1) is 0 Å². The van der Waals surface area contributed by atoms with E-state index in [0.717, 1.165) is 23.2 Å². The molecule has 2 aromatic carbocycles. The summed E-state index contributed by atoms with van der Waals surface area (Å²) in [7, 11) is 0. The maximum Gasteiger partial charge on any atom is 0.252 e. The third-order valence-corrected chi connectivity index (χ3v) is 3.55. The minimum absolute atomic E-state index is 0.0189. The molecule has 4 heteroatoms. The van der Waals surface area contributed by atoms with Crippen LogP contribution in [0.1, 0.15) is 40.9 Å². The molecule has 0 aromatic heterocycles. The summed E-state index contributed by atoms with van der Waals surface area (Å²) in [5.74, 6) is 5.31. The third-order valence-electron chi connectivity index (χ3n) is 3.55. The fraction of sp³-hybridized carbons (Fsp3) is 0.235. The fourth-order valence-electron chi connectivity index (χ4n) is 2.35. The summed E-state index contributed by atoms with van der Waals surface area (Å²) in [6.45, 7) is 3.96. The lowest BCUT2D eigenvalue weighted by Crippen LogP contribution is -2.28. The Morgan fingerprint density at radius 3 is 2.48 bits per heavy atom. The van der Waals surface area contributed by atoms with Gasteiger partial charge in [-0.3, -0.25) is 10.6 Å². The van der Waals surface area contributed by atoms with E-state index in [1.54, 1.807) is 12.1 Å². The maximum atomic E-state index is 12.4. The van der Waals surface area contributed by atoms with Gasteiger partial charge in [0.05, 0.1) is 6.04 Å². The van der Waals surface area contributed by atoms with Crippen LogP contribution in [-0.2, 0) is 0 Å². The smallest absolute Gasteiger partial charge is 0.252 e. The average Bonchev–Trinajstić information content (AvgIpc) is 2.53. The molecule has 0 aliphatic heterocycles. The van der Waals surface area contributed by atoms with Crippen molar-refractivity contribution in [2.24, 2.45) is 5.84 Å². The monoisotopic (exact) mass is 283 g/mol. The van der Waals surface area contributed by atoms with E-state index < -0.39 is 0 Å². The number of aryl methyl sites for hydroxylation is 1. The van der Waals surface area contributed by atoms with Gasteiger partial charge in [-0.1, -0.05) is 37.3 Å². The van der Waals surface area contributed by atoms with E-state index in [4.69, 9.17) is 5.84 Å². The molecule has 2 aromatic rings. The minimum atomic E-state index is -0.0632. The number of amides is 1. The lowest BCUT2D eigenvalue weighted by molar-refractivity contribution is 0.0935. The highest BCUT2D eigenvalue weighted by Gasteiger charge is 2.15. The molecule has 0 bridgehead atoms. The molecule has 1 unspecified atom stereocenters. The van der Waals surface area contributed by atoms with Crippen molar-refractivity contribution in [3.8, 4) is 0 Å². The minimum Gasteiger partial charge on any atom is -0.345 e. The summed E-state index contributed by atoms with van der Waals surface area (Å²) in [5, 5.41) is 3.09. The molecule has 110 valence electrons. The van der Waals surface area contributed by atoms with E-state index in [0.29, 0.717) is 5.56 Å². The average molecular weight is 283 g/mol. The molecule has 0 saturated carbocycles. The van der Waals surface area contributed by atoms with Crippen LogP contribution in [0.3, 0.4) is 0 Å². The van der Waals surface area contributed by atoms with Crippen LogP contribution in [0.15, 0.2) is 48.5 Å². The van der Waals surface area contributed by atoms with E-state index in [-0.39, 0.29) is 11.9 Å². The molecule has 1 amide bonds. The second-order valence-electron chi connectivity index (χ2n) is 5.02. The van der Waals surface area contributed by atoms with Crippen LogP contribution in [0, 0.1) is 6.92 Å². The molecule has 0 aliphatic carbocycles. The molecule has 2 rings (SSSR count). The number of rotatable bonds is 5. The van der Waals surface area contributed by atoms with Gasteiger partial charge in [0.15, 0.2) is 0 Å². The first kappa shape index (κ1) is 15.1. The van der Waals surface area contributed by atoms with Gasteiger partial charge >= 0.3 is 0 Å². The van der Waals surface area contributed by atoms with Crippen molar-refractivity contribution >= 4 is 11.6 Å². The summed E-state index contributed by atoms with van der Waals surface area (Å²) in [5.41, 5.74) is 6.05. The number of benzene rings is 2. The van der Waals surface area contributed by atoms with Crippen molar-refractivity contribution in [3.05, 3.63) is 65.2 Å². The lowest BCUT2D eigenvalue weighted by Gasteiger charge is -2.18. The van der Waals surface area contributed by atoms with Gasteiger partial charge in [0.1, 0.15) is 0 Å². The standard InChI is InChI=1S/C17H21N3O/c1-3-16(13-7-5-4-6-8-13)19-17(21)15-10-9-14(20-18)11-12(15)2/h4-11,16,20H,3,18H2,1-2H3,(H,19,21). The zero-order chi connectivity index (χ0) is 15.2. The summed E-state index contributed by atoms with van der Waals surface area (Å²) in [4.78, 5) is 12.4. The number of hydrogen-bond donors (Lipinski definition) is 3.